The number of carbonyl (C=O) groups is 2. The van der Waals surface area contributed by atoms with E-state index in [4.69, 9.17) is 4.74 Å². The van der Waals surface area contributed by atoms with E-state index in [2.05, 4.69) is 16.7 Å². The fraction of sp³-hybridized carbons (Fsp3) is 0.350. The molecule has 0 saturated heterocycles. The number of aryl methyl sites for hydroxylation is 1. The van der Waals surface area contributed by atoms with Crippen molar-refractivity contribution in [3.8, 4) is 6.07 Å². The van der Waals surface area contributed by atoms with Crippen LogP contribution in [0.3, 0.4) is 0 Å². The Kier molecular flexibility index (Phi) is 6.09. The average Bonchev–Trinajstić information content (AvgIpc) is 3.04. The van der Waals surface area contributed by atoms with Crippen LogP contribution in [0.4, 0.5) is 9.80 Å². The van der Waals surface area contributed by atoms with Gasteiger partial charge in [-0.25, -0.2) is 4.79 Å². The van der Waals surface area contributed by atoms with Gasteiger partial charge < -0.3 is 15.4 Å². The van der Waals surface area contributed by atoms with Gasteiger partial charge in [-0.3, -0.25) is 4.79 Å². The Bertz CT molecular complexity index is 871. The van der Waals surface area contributed by atoms with Gasteiger partial charge in [0.2, 0.25) is 5.91 Å². The predicted octanol–water partition coefficient (Wildman–Crippen LogP) is 3.75. The largest absolute Gasteiger partial charge is 0.445 e. The van der Waals surface area contributed by atoms with E-state index in [0.29, 0.717) is 10.6 Å². The third-order valence-electron chi connectivity index (χ3n) is 4.46. The fourth-order valence-corrected chi connectivity index (χ4v) is 4.24. The number of rotatable bonds is 5. The average molecular weight is 383 g/mol. The summed E-state index contributed by atoms with van der Waals surface area (Å²) in [5, 5.41) is 15.3. The van der Waals surface area contributed by atoms with Crippen molar-refractivity contribution in [2.75, 3.05) is 5.32 Å². The number of nitrogens with zero attached hydrogens (tertiary/aromatic N) is 1. The van der Waals surface area contributed by atoms with Crippen LogP contribution in [0.5, 0.6) is 0 Å². The van der Waals surface area contributed by atoms with Crippen molar-refractivity contribution in [2.45, 2.75) is 45.3 Å². The van der Waals surface area contributed by atoms with E-state index in [1.165, 1.54) is 16.2 Å². The molecule has 1 heterocycles. The van der Waals surface area contributed by atoms with Gasteiger partial charge in [-0.05, 0) is 43.7 Å². The van der Waals surface area contributed by atoms with Crippen LogP contribution in [-0.4, -0.2) is 18.0 Å². The number of benzene rings is 1. The van der Waals surface area contributed by atoms with Gasteiger partial charge in [0, 0.05) is 4.88 Å². The molecule has 0 aliphatic heterocycles. The standard InChI is InChI=1S/C20H21N3O3S/c1-13(22-20(25)26-12-14-7-3-2-4-8-14)18(24)23-19-16(11-21)15-9-5-6-10-17(15)27-19/h2-4,7-8,13H,5-6,9-10,12H2,1H3,(H,22,25)(H,23,24)/t13-/m0/s1. The molecule has 7 heteroatoms. The van der Waals surface area contributed by atoms with Gasteiger partial charge >= 0.3 is 6.09 Å². The smallest absolute Gasteiger partial charge is 0.408 e. The molecule has 3 rings (SSSR count). The van der Waals surface area contributed by atoms with Crippen molar-refractivity contribution < 1.29 is 14.3 Å². The van der Waals surface area contributed by atoms with E-state index in [0.717, 1.165) is 36.8 Å². The van der Waals surface area contributed by atoms with E-state index in [9.17, 15) is 14.9 Å². The van der Waals surface area contributed by atoms with E-state index in [1.807, 2.05) is 30.3 Å². The molecule has 0 spiro atoms. The van der Waals surface area contributed by atoms with Crippen molar-refractivity contribution in [3.05, 3.63) is 51.9 Å². The summed E-state index contributed by atoms with van der Waals surface area (Å²) >= 11 is 1.46. The van der Waals surface area contributed by atoms with Crippen molar-refractivity contribution in [1.82, 2.24) is 5.32 Å². The van der Waals surface area contributed by atoms with Crippen molar-refractivity contribution >= 4 is 28.3 Å². The highest BCUT2D eigenvalue weighted by Gasteiger charge is 2.24. The second-order valence-electron chi connectivity index (χ2n) is 6.44. The topological polar surface area (TPSA) is 91.2 Å². The first-order valence-corrected chi connectivity index (χ1v) is 9.73. The highest BCUT2D eigenvalue weighted by atomic mass is 32.1. The molecule has 1 aliphatic carbocycles. The number of thiophene rings is 1. The number of carbonyl (C=O) groups excluding carboxylic acids is 2. The lowest BCUT2D eigenvalue weighted by Crippen LogP contribution is -2.41. The van der Waals surface area contributed by atoms with Gasteiger partial charge in [-0.1, -0.05) is 30.3 Å². The lowest BCUT2D eigenvalue weighted by Gasteiger charge is -2.14. The zero-order valence-corrected chi connectivity index (χ0v) is 15.9. The Balaban J connectivity index is 1.55. The maximum Gasteiger partial charge on any atom is 0.408 e. The number of alkyl carbamates (subject to hydrolysis) is 1. The highest BCUT2D eigenvalue weighted by molar-refractivity contribution is 7.16. The minimum atomic E-state index is -0.779. The molecule has 0 bridgehead atoms. The second-order valence-corrected chi connectivity index (χ2v) is 7.55. The molecular weight excluding hydrogens is 362 g/mol. The summed E-state index contributed by atoms with van der Waals surface area (Å²) in [7, 11) is 0. The number of nitrogens with one attached hydrogen (secondary N) is 2. The first kappa shape index (κ1) is 18.9. The molecule has 27 heavy (non-hydrogen) atoms. The van der Waals surface area contributed by atoms with E-state index in [1.54, 1.807) is 6.92 Å². The van der Waals surface area contributed by atoms with E-state index < -0.39 is 12.1 Å². The van der Waals surface area contributed by atoms with Gasteiger partial charge in [-0.15, -0.1) is 11.3 Å². The zero-order chi connectivity index (χ0) is 19.2. The Morgan fingerprint density at radius 3 is 2.74 bits per heavy atom. The molecule has 1 atom stereocenters. The van der Waals surface area contributed by atoms with Gasteiger partial charge in [0.15, 0.2) is 0 Å². The number of hydrogen-bond donors (Lipinski definition) is 2. The minimum absolute atomic E-state index is 0.136. The Hall–Kier alpha value is -2.85. The summed E-state index contributed by atoms with van der Waals surface area (Å²) in [4.78, 5) is 25.5. The number of fused-ring (bicyclic) bond motifs is 1. The molecule has 1 aromatic heterocycles. The molecule has 6 nitrogen and oxygen atoms in total. The number of hydrogen-bond acceptors (Lipinski definition) is 5. The SMILES string of the molecule is C[C@H](NC(=O)OCc1ccccc1)C(=O)Nc1sc2c(c1C#N)CCCC2. The number of anilines is 1. The molecule has 2 aromatic rings. The van der Waals surface area contributed by atoms with Crippen LogP contribution in [0, 0.1) is 11.3 Å². The van der Waals surface area contributed by atoms with Crippen LogP contribution in [0.2, 0.25) is 0 Å². The van der Waals surface area contributed by atoms with Crippen LogP contribution in [-0.2, 0) is 29.0 Å². The summed E-state index contributed by atoms with van der Waals surface area (Å²) in [6, 6.07) is 10.7. The molecule has 1 aliphatic rings. The Labute approximate surface area is 162 Å². The first-order valence-electron chi connectivity index (χ1n) is 8.91. The summed E-state index contributed by atoms with van der Waals surface area (Å²) in [5.41, 5.74) is 2.49. The molecular formula is C20H21N3O3S. The molecule has 0 unspecified atom stereocenters. The number of amides is 2. The van der Waals surface area contributed by atoms with Crippen LogP contribution in [0.15, 0.2) is 30.3 Å². The summed E-state index contributed by atoms with van der Waals surface area (Å²) in [6.45, 7) is 1.72. The van der Waals surface area contributed by atoms with Gasteiger partial charge in [0.25, 0.3) is 0 Å². The quantitative estimate of drug-likeness (QED) is 0.822. The molecule has 1 aromatic carbocycles. The van der Waals surface area contributed by atoms with Crippen LogP contribution >= 0.6 is 11.3 Å². The maximum absolute atomic E-state index is 12.4. The van der Waals surface area contributed by atoms with Crippen molar-refractivity contribution in [2.24, 2.45) is 0 Å². The zero-order valence-electron chi connectivity index (χ0n) is 15.1. The highest BCUT2D eigenvalue weighted by Crippen LogP contribution is 2.37. The van der Waals surface area contributed by atoms with Gasteiger partial charge in [0.1, 0.15) is 23.7 Å². The summed E-state index contributed by atoms with van der Waals surface area (Å²) < 4.78 is 5.13. The van der Waals surface area contributed by atoms with Crippen molar-refractivity contribution in [3.63, 3.8) is 0 Å². The lowest BCUT2D eigenvalue weighted by atomic mass is 9.96. The lowest BCUT2D eigenvalue weighted by molar-refractivity contribution is -0.117. The third-order valence-corrected chi connectivity index (χ3v) is 5.67. The second kappa shape index (κ2) is 8.69. The van der Waals surface area contributed by atoms with Gasteiger partial charge in [-0.2, -0.15) is 5.26 Å². The van der Waals surface area contributed by atoms with Crippen LogP contribution < -0.4 is 10.6 Å². The third kappa shape index (κ3) is 4.66. The summed E-state index contributed by atoms with van der Waals surface area (Å²) in [5.74, 6) is -0.373. The number of ether oxygens (including phenoxy) is 1. The molecule has 0 saturated carbocycles. The normalized spacial score (nSPS) is 13.8. The first-order chi connectivity index (χ1) is 13.1. The molecule has 0 fully saturated rings. The minimum Gasteiger partial charge on any atom is -0.445 e. The Morgan fingerprint density at radius 2 is 2.00 bits per heavy atom. The number of nitriles is 1. The van der Waals surface area contributed by atoms with Crippen molar-refractivity contribution in [1.29, 1.82) is 5.26 Å². The Morgan fingerprint density at radius 1 is 1.26 bits per heavy atom. The van der Waals surface area contributed by atoms with Gasteiger partial charge in [0.05, 0.1) is 5.56 Å². The monoisotopic (exact) mass is 383 g/mol. The molecule has 140 valence electrons. The molecule has 2 N–H and O–H groups in total. The van der Waals surface area contributed by atoms with E-state index in [-0.39, 0.29) is 12.5 Å². The van der Waals surface area contributed by atoms with Crippen LogP contribution in [0.25, 0.3) is 0 Å². The van der Waals surface area contributed by atoms with Crippen LogP contribution in [0.1, 0.15) is 41.3 Å². The summed E-state index contributed by atoms with van der Waals surface area (Å²) in [6.07, 6.45) is 3.34. The van der Waals surface area contributed by atoms with E-state index >= 15 is 0 Å². The molecule has 2 amide bonds. The fourth-order valence-electron chi connectivity index (χ4n) is 3.00. The molecule has 0 radical (unpaired) electrons. The predicted molar refractivity (Wildman–Crippen MR) is 104 cm³/mol. The maximum atomic E-state index is 12.4.